The lowest BCUT2D eigenvalue weighted by Gasteiger charge is -2.29. The summed E-state index contributed by atoms with van der Waals surface area (Å²) in [6.45, 7) is 6.55. The standard InChI is InChI=1S/C22H22N4O2S.ClH/c1-16-3-2-4-19-20(16)24-22(29-19)26(10-9-25-11-13-28-14-12-25)21(27)18-7-5-17(15-23)6-8-18;/h2-8H,9-14H2,1H3;1H. The van der Waals surface area contributed by atoms with Crippen molar-refractivity contribution in [3.05, 3.63) is 59.2 Å². The number of morpholine rings is 1. The van der Waals surface area contributed by atoms with Crippen molar-refractivity contribution in [1.82, 2.24) is 9.88 Å². The molecule has 0 unspecified atom stereocenters. The van der Waals surface area contributed by atoms with Crippen LogP contribution in [0.3, 0.4) is 0 Å². The predicted molar refractivity (Wildman–Crippen MR) is 122 cm³/mol. The zero-order valence-electron chi connectivity index (χ0n) is 16.7. The van der Waals surface area contributed by atoms with Gasteiger partial charge in [0.1, 0.15) is 0 Å². The number of rotatable bonds is 5. The van der Waals surface area contributed by atoms with Gasteiger partial charge in [0.15, 0.2) is 5.13 Å². The summed E-state index contributed by atoms with van der Waals surface area (Å²) in [5.41, 5.74) is 3.14. The number of nitriles is 1. The summed E-state index contributed by atoms with van der Waals surface area (Å²) in [6.07, 6.45) is 0. The quantitative estimate of drug-likeness (QED) is 0.599. The lowest BCUT2D eigenvalue weighted by atomic mass is 10.1. The maximum Gasteiger partial charge on any atom is 0.260 e. The maximum atomic E-state index is 13.3. The summed E-state index contributed by atoms with van der Waals surface area (Å²) in [6, 6.07) is 15.0. The van der Waals surface area contributed by atoms with E-state index in [-0.39, 0.29) is 18.3 Å². The number of benzene rings is 2. The van der Waals surface area contributed by atoms with Crippen LogP contribution in [0.2, 0.25) is 0 Å². The number of amides is 1. The van der Waals surface area contributed by atoms with Crippen LogP contribution in [0.25, 0.3) is 10.2 Å². The van der Waals surface area contributed by atoms with Crippen LogP contribution in [-0.2, 0) is 4.74 Å². The Labute approximate surface area is 186 Å². The molecule has 4 rings (SSSR count). The largest absolute Gasteiger partial charge is 0.379 e. The molecule has 3 aromatic rings. The van der Waals surface area contributed by atoms with Crippen molar-refractivity contribution in [2.45, 2.75) is 6.92 Å². The van der Waals surface area contributed by atoms with E-state index in [4.69, 9.17) is 15.0 Å². The maximum absolute atomic E-state index is 13.3. The number of anilines is 1. The van der Waals surface area contributed by atoms with Gasteiger partial charge in [0, 0.05) is 31.7 Å². The molecule has 8 heteroatoms. The van der Waals surface area contributed by atoms with E-state index in [0.29, 0.717) is 22.8 Å². The van der Waals surface area contributed by atoms with Crippen molar-refractivity contribution in [2.24, 2.45) is 0 Å². The fourth-order valence-electron chi connectivity index (χ4n) is 3.38. The Morgan fingerprint density at radius 2 is 1.97 bits per heavy atom. The summed E-state index contributed by atoms with van der Waals surface area (Å²) in [5, 5.41) is 9.73. The number of aromatic nitrogens is 1. The van der Waals surface area contributed by atoms with Crippen LogP contribution in [0, 0.1) is 18.3 Å². The highest BCUT2D eigenvalue weighted by Crippen LogP contribution is 2.31. The molecule has 1 aromatic heterocycles. The Morgan fingerprint density at radius 1 is 1.23 bits per heavy atom. The van der Waals surface area contributed by atoms with Gasteiger partial charge in [0.25, 0.3) is 5.91 Å². The molecule has 2 aromatic carbocycles. The molecule has 1 saturated heterocycles. The average Bonchev–Trinajstić information content (AvgIpc) is 3.20. The Balaban J connectivity index is 0.00000256. The van der Waals surface area contributed by atoms with E-state index in [1.54, 1.807) is 29.2 Å². The molecule has 0 aliphatic carbocycles. The van der Waals surface area contributed by atoms with Crippen LogP contribution in [0.1, 0.15) is 21.5 Å². The van der Waals surface area contributed by atoms with Crippen molar-refractivity contribution < 1.29 is 9.53 Å². The number of ether oxygens (including phenoxy) is 1. The van der Waals surface area contributed by atoms with Crippen molar-refractivity contribution in [2.75, 3.05) is 44.3 Å². The highest BCUT2D eigenvalue weighted by Gasteiger charge is 2.23. The summed E-state index contributed by atoms with van der Waals surface area (Å²) in [5.74, 6) is -0.0977. The van der Waals surface area contributed by atoms with Gasteiger partial charge in [-0.2, -0.15) is 5.26 Å². The van der Waals surface area contributed by atoms with Gasteiger partial charge in [-0.25, -0.2) is 4.98 Å². The molecule has 0 spiro atoms. The molecule has 1 aliphatic rings. The topological polar surface area (TPSA) is 69.5 Å². The molecule has 156 valence electrons. The van der Waals surface area contributed by atoms with Gasteiger partial charge in [-0.3, -0.25) is 14.6 Å². The van der Waals surface area contributed by atoms with Crippen LogP contribution in [0.4, 0.5) is 5.13 Å². The monoisotopic (exact) mass is 442 g/mol. The third-order valence-electron chi connectivity index (χ3n) is 5.09. The van der Waals surface area contributed by atoms with Crippen molar-refractivity contribution in [3.63, 3.8) is 0 Å². The molecule has 0 radical (unpaired) electrons. The number of fused-ring (bicyclic) bond motifs is 1. The van der Waals surface area contributed by atoms with Crippen LogP contribution in [-0.4, -0.2) is 55.2 Å². The summed E-state index contributed by atoms with van der Waals surface area (Å²) in [4.78, 5) is 22.2. The number of thiazole rings is 1. The SMILES string of the molecule is Cc1cccc2sc(N(CCN3CCOCC3)C(=O)c3ccc(C#N)cc3)nc12.Cl. The predicted octanol–water partition coefficient (Wildman–Crippen LogP) is 3.88. The van der Waals surface area contributed by atoms with Gasteiger partial charge in [-0.1, -0.05) is 23.5 Å². The first-order valence-electron chi connectivity index (χ1n) is 9.64. The number of hydrogen-bond donors (Lipinski definition) is 0. The highest BCUT2D eigenvalue weighted by molar-refractivity contribution is 7.22. The van der Waals surface area contributed by atoms with Crippen molar-refractivity contribution in [1.29, 1.82) is 5.26 Å². The first-order chi connectivity index (χ1) is 14.2. The molecular formula is C22H23ClN4O2S. The number of halogens is 1. The Morgan fingerprint density at radius 3 is 2.63 bits per heavy atom. The minimum Gasteiger partial charge on any atom is -0.379 e. The molecule has 1 aliphatic heterocycles. The lowest BCUT2D eigenvalue weighted by Crippen LogP contribution is -2.43. The van der Waals surface area contributed by atoms with E-state index in [1.165, 1.54) is 11.3 Å². The van der Waals surface area contributed by atoms with E-state index in [0.717, 1.165) is 48.6 Å². The van der Waals surface area contributed by atoms with Crippen LogP contribution < -0.4 is 4.90 Å². The van der Waals surface area contributed by atoms with Gasteiger partial charge in [-0.15, -0.1) is 12.4 Å². The number of aryl methyl sites for hydroxylation is 1. The van der Waals surface area contributed by atoms with E-state index >= 15 is 0 Å². The lowest BCUT2D eigenvalue weighted by molar-refractivity contribution is 0.0391. The Kier molecular flexibility index (Phi) is 7.40. The molecule has 30 heavy (non-hydrogen) atoms. The molecule has 2 heterocycles. The third-order valence-corrected chi connectivity index (χ3v) is 6.13. The first kappa shape index (κ1) is 22.2. The normalized spacial score (nSPS) is 14.1. The molecule has 1 fully saturated rings. The molecule has 1 amide bonds. The summed E-state index contributed by atoms with van der Waals surface area (Å²) >= 11 is 1.54. The average molecular weight is 443 g/mol. The summed E-state index contributed by atoms with van der Waals surface area (Å²) < 4.78 is 6.50. The van der Waals surface area contributed by atoms with Crippen LogP contribution >= 0.6 is 23.7 Å². The van der Waals surface area contributed by atoms with Crippen LogP contribution in [0.15, 0.2) is 42.5 Å². The number of para-hydroxylation sites is 1. The van der Waals surface area contributed by atoms with E-state index in [2.05, 4.69) is 11.0 Å². The first-order valence-corrected chi connectivity index (χ1v) is 10.5. The van der Waals surface area contributed by atoms with Gasteiger partial charge in [0.05, 0.1) is 35.1 Å². The highest BCUT2D eigenvalue weighted by atomic mass is 35.5. The summed E-state index contributed by atoms with van der Waals surface area (Å²) in [7, 11) is 0. The molecule has 6 nitrogen and oxygen atoms in total. The molecule has 0 bridgehead atoms. The number of carbonyl (C=O) groups excluding carboxylic acids is 1. The van der Waals surface area contributed by atoms with Gasteiger partial charge in [0.2, 0.25) is 0 Å². The second kappa shape index (κ2) is 10.0. The fourth-order valence-corrected chi connectivity index (χ4v) is 4.45. The third kappa shape index (κ3) is 4.79. The molecule has 0 atom stereocenters. The van der Waals surface area contributed by atoms with Crippen LogP contribution in [0.5, 0.6) is 0 Å². The Bertz CT molecular complexity index is 1060. The number of carbonyl (C=O) groups is 1. The van der Waals surface area contributed by atoms with Crippen molar-refractivity contribution in [3.8, 4) is 6.07 Å². The molecular weight excluding hydrogens is 420 g/mol. The zero-order valence-corrected chi connectivity index (χ0v) is 18.3. The van der Waals surface area contributed by atoms with Gasteiger partial charge < -0.3 is 4.74 Å². The van der Waals surface area contributed by atoms with Gasteiger partial charge in [-0.05, 0) is 42.8 Å². The van der Waals surface area contributed by atoms with E-state index < -0.39 is 0 Å². The smallest absolute Gasteiger partial charge is 0.260 e. The minimum atomic E-state index is -0.0977. The molecule has 0 N–H and O–H groups in total. The van der Waals surface area contributed by atoms with Crippen molar-refractivity contribution >= 4 is 45.0 Å². The number of hydrogen-bond acceptors (Lipinski definition) is 6. The van der Waals surface area contributed by atoms with E-state index in [1.807, 2.05) is 25.1 Å². The minimum absolute atomic E-state index is 0. The fraction of sp³-hybridized carbons (Fsp3) is 0.318. The van der Waals surface area contributed by atoms with E-state index in [9.17, 15) is 4.79 Å². The Hall–Kier alpha value is -2.50. The second-order valence-corrected chi connectivity index (χ2v) is 8.03. The number of nitrogens with zero attached hydrogens (tertiary/aromatic N) is 4. The van der Waals surface area contributed by atoms with Gasteiger partial charge >= 0.3 is 0 Å². The zero-order chi connectivity index (χ0) is 20.2. The molecule has 0 saturated carbocycles. The second-order valence-electron chi connectivity index (χ2n) is 7.02.